The van der Waals surface area contributed by atoms with Crippen LogP contribution in [-0.2, 0) is 30.6 Å². The number of carbonyl (C=O) groups excluding carboxylic acids is 1. The molecule has 0 aliphatic heterocycles. The van der Waals surface area contributed by atoms with E-state index in [-0.39, 0.29) is 17.2 Å². The highest BCUT2D eigenvalue weighted by molar-refractivity contribution is 7.94. The Labute approximate surface area is 244 Å². The molecule has 1 unspecified atom stereocenters. The van der Waals surface area contributed by atoms with Crippen molar-refractivity contribution in [2.24, 2.45) is 15.1 Å². The standard InChI is InChI=1S/C28H30F6N4O4S/c1-4-23(27(29,30)31)24(42-18(3)17(2)41-16-19-8-6-5-7-9-19)37-26(35)36-20-10-12-21(13-11-20)43(40,22-14-15-22)38-25(39)28(32,33)34/h4-13,17-18,22H,1,14-16H2,2-3H3,(H3,35,36,37)/b24-23-/t17-,18-,43?/m1/s1. The third-order valence-electron chi connectivity index (χ3n) is 6.18. The van der Waals surface area contributed by atoms with E-state index in [2.05, 4.69) is 21.3 Å². The van der Waals surface area contributed by atoms with Gasteiger partial charge in [-0.25, -0.2) is 4.21 Å². The number of hydrogen-bond acceptors (Lipinski definition) is 5. The first-order chi connectivity index (χ1) is 20.0. The quantitative estimate of drug-likeness (QED) is 0.0966. The molecule has 2 aromatic rings. The summed E-state index contributed by atoms with van der Waals surface area (Å²) in [6, 6.07) is 14.0. The van der Waals surface area contributed by atoms with E-state index in [1.807, 2.05) is 30.3 Å². The lowest BCUT2D eigenvalue weighted by molar-refractivity contribution is -0.169. The molecule has 0 aromatic heterocycles. The molecule has 0 bridgehead atoms. The minimum Gasteiger partial charge on any atom is -0.471 e. The maximum Gasteiger partial charge on any atom is 0.474 e. The van der Waals surface area contributed by atoms with Crippen molar-refractivity contribution in [2.75, 3.05) is 5.32 Å². The SMILES string of the molecule is C=C/C(=C(\N=C(N)Nc1ccc(S(=O)(=NC(=O)C(F)(F)F)C2CC2)cc1)O[C@H](C)[C@@H](C)OCc1ccccc1)C(F)(F)F. The molecule has 1 saturated carbocycles. The molecule has 0 saturated heterocycles. The smallest absolute Gasteiger partial charge is 0.471 e. The molecule has 234 valence electrons. The molecular formula is C28H30F6N4O4S. The van der Waals surface area contributed by atoms with Gasteiger partial charge in [0.1, 0.15) is 11.7 Å². The number of rotatable bonds is 11. The minimum absolute atomic E-state index is 0.109. The van der Waals surface area contributed by atoms with Gasteiger partial charge in [-0.15, -0.1) is 4.36 Å². The van der Waals surface area contributed by atoms with Gasteiger partial charge in [-0.3, -0.25) is 4.79 Å². The molecule has 43 heavy (non-hydrogen) atoms. The molecule has 1 fully saturated rings. The summed E-state index contributed by atoms with van der Waals surface area (Å²) in [4.78, 5) is 15.1. The van der Waals surface area contributed by atoms with Crippen LogP contribution in [0.4, 0.5) is 32.0 Å². The van der Waals surface area contributed by atoms with E-state index >= 15 is 0 Å². The van der Waals surface area contributed by atoms with Gasteiger partial charge in [-0.1, -0.05) is 43.0 Å². The first-order valence-electron chi connectivity index (χ1n) is 12.9. The van der Waals surface area contributed by atoms with Crippen molar-refractivity contribution in [3.8, 4) is 0 Å². The van der Waals surface area contributed by atoms with Gasteiger partial charge in [-0.2, -0.15) is 31.3 Å². The Balaban J connectivity index is 1.81. The lowest BCUT2D eigenvalue weighted by atomic mass is 10.2. The first kappa shape index (κ1) is 33.6. The molecule has 1 aliphatic carbocycles. The van der Waals surface area contributed by atoms with Gasteiger partial charge in [0, 0.05) is 15.8 Å². The number of allylic oxidation sites excluding steroid dienone is 2. The Hall–Kier alpha value is -3.85. The summed E-state index contributed by atoms with van der Waals surface area (Å²) in [7, 11) is -3.70. The summed E-state index contributed by atoms with van der Waals surface area (Å²) in [6.07, 6.45) is -10.5. The summed E-state index contributed by atoms with van der Waals surface area (Å²) in [5.41, 5.74) is 5.57. The van der Waals surface area contributed by atoms with Crippen molar-refractivity contribution in [1.29, 1.82) is 0 Å². The summed E-state index contributed by atoms with van der Waals surface area (Å²) in [5, 5.41) is 1.84. The van der Waals surface area contributed by atoms with E-state index in [1.54, 1.807) is 6.92 Å². The van der Waals surface area contributed by atoms with E-state index in [0.717, 1.165) is 5.56 Å². The van der Waals surface area contributed by atoms with Crippen molar-refractivity contribution in [2.45, 2.75) is 68.0 Å². The fraction of sp³-hybridized carbons (Fsp3) is 0.357. The monoisotopic (exact) mass is 632 g/mol. The van der Waals surface area contributed by atoms with E-state index < -0.39 is 62.9 Å². The van der Waals surface area contributed by atoms with Gasteiger partial charge in [0.25, 0.3) is 0 Å². The molecule has 1 amide bonds. The van der Waals surface area contributed by atoms with Crippen LogP contribution in [0, 0.1) is 0 Å². The molecule has 3 atom stereocenters. The summed E-state index contributed by atoms with van der Waals surface area (Å²) >= 11 is 0. The molecule has 15 heteroatoms. The number of hydrogen-bond donors (Lipinski definition) is 2. The molecule has 1 aliphatic rings. The molecule has 3 N–H and O–H groups in total. The van der Waals surface area contributed by atoms with Crippen molar-refractivity contribution in [3.63, 3.8) is 0 Å². The number of guanidine groups is 1. The van der Waals surface area contributed by atoms with Crippen molar-refractivity contribution in [3.05, 3.63) is 84.3 Å². The third kappa shape index (κ3) is 9.32. The van der Waals surface area contributed by atoms with Crippen LogP contribution < -0.4 is 11.1 Å². The molecule has 0 spiro atoms. The van der Waals surface area contributed by atoms with Crippen LogP contribution in [-0.4, -0.2) is 45.9 Å². The van der Waals surface area contributed by atoms with Crippen LogP contribution in [0.25, 0.3) is 0 Å². The molecule has 3 rings (SSSR count). The number of ether oxygens (including phenoxy) is 2. The highest BCUT2D eigenvalue weighted by Crippen LogP contribution is 2.37. The van der Waals surface area contributed by atoms with E-state index in [1.165, 1.54) is 31.2 Å². The van der Waals surface area contributed by atoms with Crippen LogP contribution in [0.3, 0.4) is 0 Å². The zero-order chi connectivity index (χ0) is 32.0. The number of nitrogens with one attached hydrogen (secondary N) is 1. The van der Waals surface area contributed by atoms with Gasteiger partial charge >= 0.3 is 18.3 Å². The number of benzene rings is 2. The maximum absolute atomic E-state index is 13.8. The number of anilines is 1. The van der Waals surface area contributed by atoms with Crippen molar-refractivity contribution in [1.82, 2.24) is 0 Å². The Bertz CT molecular complexity index is 1480. The van der Waals surface area contributed by atoms with Crippen LogP contribution in [0.2, 0.25) is 0 Å². The lowest BCUT2D eigenvalue weighted by Crippen LogP contribution is -2.29. The second kappa shape index (κ2) is 13.6. The molecular weight excluding hydrogens is 602 g/mol. The summed E-state index contributed by atoms with van der Waals surface area (Å²) < 4.78 is 107. The lowest BCUT2D eigenvalue weighted by Gasteiger charge is -2.24. The second-order valence-electron chi connectivity index (χ2n) is 9.55. The third-order valence-corrected chi connectivity index (χ3v) is 8.94. The first-order valence-corrected chi connectivity index (χ1v) is 14.5. The number of nitrogens with zero attached hydrogens (tertiary/aromatic N) is 2. The van der Waals surface area contributed by atoms with Crippen LogP contribution in [0.1, 0.15) is 32.3 Å². The largest absolute Gasteiger partial charge is 0.474 e. The average molecular weight is 633 g/mol. The van der Waals surface area contributed by atoms with Crippen LogP contribution in [0.5, 0.6) is 0 Å². The number of halogens is 6. The molecule has 8 nitrogen and oxygen atoms in total. The highest BCUT2D eigenvalue weighted by atomic mass is 32.2. The fourth-order valence-electron chi connectivity index (χ4n) is 3.58. The Morgan fingerprint density at radius 1 is 1.05 bits per heavy atom. The summed E-state index contributed by atoms with van der Waals surface area (Å²) in [5.74, 6) is -3.86. The van der Waals surface area contributed by atoms with Crippen molar-refractivity contribution >= 4 is 27.3 Å². The van der Waals surface area contributed by atoms with Crippen LogP contribution >= 0.6 is 0 Å². The van der Waals surface area contributed by atoms with Gasteiger partial charge < -0.3 is 20.5 Å². The van der Waals surface area contributed by atoms with Gasteiger partial charge in [0.05, 0.1) is 22.4 Å². The zero-order valence-corrected chi connectivity index (χ0v) is 23.9. The zero-order valence-electron chi connectivity index (χ0n) is 23.1. The van der Waals surface area contributed by atoms with E-state index in [0.29, 0.717) is 18.9 Å². The van der Waals surface area contributed by atoms with Gasteiger partial charge in [0.15, 0.2) is 0 Å². The molecule has 0 heterocycles. The Kier molecular flexibility index (Phi) is 10.7. The average Bonchev–Trinajstić information content (AvgIpc) is 3.78. The molecule has 2 aromatic carbocycles. The Morgan fingerprint density at radius 2 is 1.65 bits per heavy atom. The Morgan fingerprint density at radius 3 is 2.16 bits per heavy atom. The number of nitrogens with two attached hydrogens (primary N) is 1. The number of aliphatic imine (C=N–C) groups is 1. The fourth-order valence-corrected chi connectivity index (χ4v) is 5.87. The molecule has 0 radical (unpaired) electrons. The predicted octanol–water partition coefficient (Wildman–Crippen LogP) is 6.46. The number of alkyl halides is 6. The van der Waals surface area contributed by atoms with E-state index in [9.17, 15) is 35.3 Å². The maximum atomic E-state index is 13.8. The number of amides is 1. The van der Waals surface area contributed by atoms with Gasteiger partial charge in [-0.05, 0) is 56.5 Å². The highest BCUT2D eigenvalue weighted by Gasteiger charge is 2.43. The van der Waals surface area contributed by atoms with E-state index in [4.69, 9.17) is 15.2 Å². The second-order valence-corrected chi connectivity index (χ2v) is 12.0. The number of carbonyl (C=O) groups is 1. The van der Waals surface area contributed by atoms with Crippen molar-refractivity contribution < 1.29 is 44.8 Å². The topological polar surface area (TPSA) is 115 Å². The van der Waals surface area contributed by atoms with Gasteiger partial charge in [0.2, 0.25) is 11.8 Å². The normalized spacial score (nSPS) is 17.6. The summed E-state index contributed by atoms with van der Waals surface area (Å²) in [6.45, 7) is 6.51. The predicted molar refractivity (Wildman–Crippen MR) is 149 cm³/mol. The minimum atomic E-state index is -5.28. The van der Waals surface area contributed by atoms with Crippen LogP contribution in [0.15, 0.2) is 93.0 Å².